The molecule has 1 heterocycles. The Hall–Kier alpha value is -1.90. The zero-order valence-electron chi connectivity index (χ0n) is 17.7. The molecule has 0 aliphatic carbocycles. The molecule has 0 saturated heterocycles. The molecule has 1 aliphatic rings. The second kappa shape index (κ2) is 9.76. The predicted molar refractivity (Wildman–Crippen MR) is 135 cm³/mol. The first-order valence-electron chi connectivity index (χ1n) is 10.3. The van der Waals surface area contributed by atoms with Crippen LogP contribution in [0.1, 0.15) is 18.1 Å². The maximum atomic E-state index is 13.6. The lowest BCUT2D eigenvalue weighted by molar-refractivity contribution is -0.119. The standard InChI is InChI=1S/C24H21BrCl2N2O3S/c1-16-11-18-12-19(25)7-10-22(18)29(16)24(30)15-28(14-17-5-3-2-4-6-17)33(31,32)23-13-20(26)8-9-21(23)27/h2-10,12-13,16H,11,14-15H2,1H3/t16-/m1/s1. The summed E-state index contributed by atoms with van der Waals surface area (Å²) in [4.78, 5) is 15.0. The summed E-state index contributed by atoms with van der Waals surface area (Å²) >= 11 is 15.8. The fourth-order valence-electron chi connectivity index (χ4n) is 4.03. The first-order chi connectivity index (χ1) is 15.7. The topological polar surface area (TPSA) is 57.7 Å². The molecule has 0 radical (unpaired) electrons. The monoisotopic (exact) mass is 566 g/mol. The highest BCUT2D eigenvalue weighted by Crippen LogP contribution is 2.35. The molecule has 3 aromatic carbocycles. The van der Waals surface area contributed by atoms with Crippen molar-refractivity contribution in [2.75, 3.05) is 11.4 Å². The lowest BCUT2D eigenvalue weighted by Crippen LogP contribution is -2.44. The molecule has 0 bridgehead atoms. The van der Waals surface area contributed by atoms with Crippen LogP contribution in [0.4, 0.5) is 5.69 Å². The first kappa shape index (κ1) is 24.2. The average molecular weight is 568 g/mol. The fourth-order valence-corrected chi connectivity index (χ4v) is 6.56. The van der Waals surface area contributed by atoms with E-state index in [0.717, 1.165) is 25.6 Å². The number of rotatable bonds is 6. The number of halogens is 3. The Morgan fingerprint density at radius 2 is 1.82 bits per heavy atom. The molecule has 3 aromatic rings. The number of hydrogen-bond acceptors (Lipinski definition) is 3. The minimum atomic E-state index is -4.12. The van der Waals surface area contributed by atoms with E-state index in [1.807, 2.05) is 55.5 Å². The van der Waals surface area contributed by atoms with Crippen LogP contribution in [-0.2, 0) is 27.8 Å². The van der Waals surface area contributed by atoms with Gasteiger partial charge in [-0.1, -0.05) is 69.5 Å². The summed E-state index contributed by atoms with van der Waals surface area (Å²) in [5, 5.41) is 0.297. The van der Waals surface area contributed by atoms with E-state index in [2.05, 4.69) is 15.9 Å². The highest BCUT2D eigenvalue weighted by molar-refractivity contribution is 9.10. The second-order valence-electron chi connectivity index (χ2n) is 7.92. The Kier molecular flexibility index (Phi) is 7.17. The third-order valence-corrected chi connectivity index (χ3v) is 8.55. The smallest absolute Gasteiger partial charge is 0.245 e. The fraction of sp³-hybridized carbons (Fsp3) is 0.208. The van der Waals surface area contributed by atoms with Crippen LogP contribution in [-0.4, -0.2) is 31.2 Å². The SMILES string of the molecule is C[C@@H]1Cc2cc(Br)ccc2N1C(=O)CN(Cc1ccccc1)S(=O)(=O)c1cc(Cl)ccc1Cl. The van der Waals surface area contributed by atoms with Crippen LogP contribution in [0.2, 0.25) is 10.0 Å². The van der Waals surface area contributed by atoms with Gasteiger partial charge in [0.25, 0.3) is 0 Å². The minimum absolute atomic E-state index is 0.0210. The Morgan fingerprint density at radius 3 is 2.55 bits per heavy atom. The van der Waals surface area contributed by atoms with Crippen molar-refractivity contribution in [1.29, 1.82) is 0 Å². The van der Waals surface area contributed by atoms with Gasteiger partial charge in [-0.2, -0.15) is 4.31 Å². The molecule has 9 heteroatoms. The van der Waals surface area contributed by atoms with Gasteiger partial charge in [0.1, 0.15) is 4.90 Å². The molecule has 172 valence electrons. The van der Waals surface area contributed by atoms with Gasteiger partial charge in [0, 0.05) is 27.8 Å². The van der Waals surface area contributed by atoms with Gasteiger partial charge in [0.15, 0.2) is 0 Å². The third-order valence-electron chi connectivity index (χ3n) is 5.55. The van der Waals surface area contributed by atoms with Gasteiger partial charge >= 0.3 is 0 Å². The second-order valence-corrected chi connectivity index (χ2v) is 11.6. The maximum absolute atomic E-state index is 13.6. The molecule has 0 aromatic heterocycles. The van der Waals surface area contributed by atoms with Crippen molar-refractivity contribution >= 4 is 60.7 Å². The van der Waals surface area contributed by atoms with E-state index >= 15 is 0 Å². The number of sulfonamides is 1. The van der Waals surface area contributed by atoms with Gasteiger partial charge in [0.05, 0.1) is 11.6 Å². The number of carbonyl (C=O) groups excluding carboxylic acids is 1. The van der Waals surface area contributed by atoms with E-state index in [9.17, 15) is 13.2 Å². The summed E-state index contributed by atoms with van der Waals surface area (Å²) in [5.74, 6) is -0.304. The molecular weight excluding hydrogens is 547 g/mol. The van der Waals surface area contributed by atoms with E-state index < -0.39 is 10.0 Å². The van der Waals surface area contributed by atoms with Gasteiger partial charge < -0.3 is 4.90 Å². The molecule has 0 saturated carbocycles. The molecule has 0 N–H and O–H groups in total. The van der Waals surface area contributed by atoms with Gasteiger partial charge in [-0.15, -0.1) is 0 Å². The number of amides is 1. The van der Waals surface area contributed by atoms with E-state index in [1.165, 1.54) is 18.2 Å². The van der Waals surface area contributed by atoms with Gasteiger partial charge in [-0.25, -0.2) is 8.42 Å². The van der Waals surface area contributed by atoms with Crippen LogP contribution in [0.3, 0.4) is 0 Å². The summed E-state index contributed by atoms with van der Waals surface area (Å²) < 4.78 is 29.4. The molecule has 1 aliphatic heterocycles. The first-order valence-corrected chi connectivity index (χ1v) is 13.3. The number of benzene rings is 3. The molecular formula is C24H21BrCl2N2O3S. The summed E-state index contributed by atoms with van der Waals surface area (Å²) in [5.41, 5.74) is 2.60. The molecule has 33 heavy (non-hydrogen) atoms. The van der Waals surface area contributed by atoms with Crippen molar-refractivity contribution in [3.8, 4) is 0 Å². The summed E-state index contributed by atoms with van der Waals surface area (Å²) in [6.07, 6.45) is 0.700. The zero-order valence-corrected chi connectivity index (χ0v) is 21.6. The molecule has 0 spiro atoms. The van der Waals surface area contributed by atoms with E-state index in [1.54, 1.807) is 4.90 Å². The summed E-state index contributed by atoms with van der Waals surface area (Å²) in [6.45, 7) is 1.64. The maximum Gasteiger partial charge on any atom is 0.245 e. The van der Waals surface area contributed by atoms with Crippen molar-refractivity contribution in [2.24, 2.45) is 0 Å². The van der Waals surface area contributed by atoms with Crippen LogP contribution >= 0.6 is 39.1 Å². The Labute approximate surface area is 212 Å². The van der Waals surface area contributed by atoms with Crippen molar-refractivity contribution in [2.45, 2.75) is 30.8 Å². The Balaban J connectivity index is 1.70. The number of fused-ring (bicyclic) bond motifs is 1. The number of nitrogens with zero attached hydrogens (tertiary/aromatic N) is 2. The Bertz CT molecular complexity index is 1300. The lowest BCUT2D eigenvalue weighted by Gasteiger charge is -2.28. The Morgan fingerprint density at radius 1 is 1.09 bits per heavy atom. The van der Waals surface area contributed by atoms with Crippen molar-refractivity contribution in [1.82, 2.24) is 4.31 Å². The van der Waals surface area contributed by atoms with Gasteiger partial charge in [-0.05, 0) is 60.9 Å². The van der Waals surface area contributed by atoms with Gasteiger partial charge in [-0.3, -0.25) is 4.79 Å². The third kappa shape index (κ3) is 5.12. The van der Waals surface area contributed by atoms with Crippen LogP contribution < -0.4 is 4.90 Å². The minimum Gasteiger partial charge on any atom is -0.308 e. The molecule has 4 rings (SSSR count). The molecule has 1 amide bonds. The van der Waals surface area contributed by atoms with Crippen molar-refractivity contribution < 1.29 is 13.2 Å². The average Bonchev–Trinajstić information content (AvgIpc) is 3.10. The number of carbonyl (C=O) groups is 1. The zero-order chi connectivity index (χ0) is 23.8. The highest BCUT2D eigenvalue weighted by atomic mass is 79.9. The molecule has 1 atom stereocenters. The largest absolute Gasteiger partial charge is 0.308 e. The number of hydrogen-bond donors (Lipinski definition) is 0. The highest BCUT2D eigenvalue weighted by Gasteiger charge is 2.35. The van der Waals surface area contributed by atoms with E-state index in [0.29, 0.717) is 6.42 Å². The van der Waals surface area contributed by atoms with Crippen molar-refractivity contribution in [3.05, 3.63) is 92.4 Å². The molecule has 0 unspecified atom stereocenters. The van der Waals surface area contributed by atoms with Crippen LogP contribution in [0.5, 0.6) is 0 Å². The molecule has 5 nitrogen and oxygen atoms in total. The summed E-state index contributed by atoms with van der Waals surface area (Å²) in [7, 11) is -4.12. The quantitative estimate of drug-likeness (QED) is 0.371. The molecule has 0 fully saturated rings. The number of anilines is 1. The normalized spacial score (nSPS) is 15.7. The van der Waals surface area contributed by atoms with E-state index in [-0.39, 0.29) is 40.0 Å². The van der Waals surface area contributed by atoms with Crippen LogP contribution in [0.25, 0.3) is 0 Å². The van der Waals surface area contributed by atoms with Gasteiger partial charge in [0.2, 0.25) is 15.9 Å². The van der Waals surface area contributed by atoms with Crippen LogP contribution in [0, 0.1) is 0 Å². The van der Waals surface area contributed by atoms with Crippen LogP contribution in [0.15, 0.2) is 76.1 Å². The lowest BCUT2D eigenvalue weighted by atomic mass is 10.1. The summed E-state index contributed by atoms with van der Waals surface area (Å²) in [6, 6.07) is 19.1. The van der Waals surface area contributed by atoms with Crippen molar-refractivity contribution in [3.63, 3.8) is 0 Å². The predicted octanol–water partition coefficient (Wildman–Crippen LogP) is 5.92. The van der Waals surface area contributed by atoms with E-state index in [4.69, 9.17) is 23.2 Å².